The number of carbonyl (C=O) groups excluding carboxylic acids is 1. The predicted octanol–water partition coefficient (Wildman–Crippen LogP) is 0.853. The Morgan fingerprint density at radius 3 is 2.83 bits per heavy atom. The number of hydrogen-bond donors (Lipinski definition) is 1. The molecular weight excluding hydrogens is 156 g/mol. The van der Waals surface area contributed by atoms with Gasteiger partial charge in [-0.2, -0.15) is 0 Å². The van der Waals surface area contributed by atoms with Crippen LogP contribution >= 0.6 is 0 Å². The highest BCUT2D eigenvalue weighted by atomic mass is 16.5. The van der Waals surface area contributed by atoms with Crippen molar-refractivity contribution in [1.29, 1.82) is 0 Å². The number of aryl methyl sites for hydroxylation is 1. The number of nitrogens with one attached hydrogen (secondary N) is 1. The molecule has 0 atom stereocenters. The van der Waals surface area contributed by atoms with E-state index < -0.39 is 0 Å². The number of hydrogen-bond acceptors (Lipinski definition) is 3. The highest BCUT2D eigenvalue weighted by molar-refractivity contribution is 5.94. The molecule has 12 heavy (non-hydrogen) atoms. The zero-order chi connectivity index (χ0) is 9.14. The second kappa shape index (κ2) is 3.30. The smallest absolute Gasteiger partial charge is 0.356 e. The average Bonchev–Trinajstić information content (AvgIpc) is 2.45. The number of carbonyl (C=O) groups is 1. The minimum atomic E-state index is -0.327. The van der Waals surface area contributed by atoms with Crippen LogP contribution in [0, 0.1) is 0 Å². The summed E-state index contributed by atoms with van der Waals surface area (Å²) in [7, 11) is 4.93. The molecule has 0 aliphatic heterocycles. The van der Waals surface area contributed by atoms with Gasteiger partial charge in [-0.15, -0.1) is 0 Å². The molecule has 0 aliphatic rings. The van der Waals surface area contributed by atoms with Gasteiger partial charge in [0, 0.05) is 20.3 Å². The fraction of sp³-hybridized carbons (Fsp3) is 0.375. The number of anilines is 1. The maximum atomic E-state index is 11.2. The monoisotopic (exact) mass is 168 g/mol. The van der Waals surface area contributed by atoms with Crippen LogP contribution in [0.4, 0.5) is 5.69 Å². The van der Waals surface area contributed by atoms with Crippen LogP contribution in [-0.4, -0.2) is 24.7 Å². The first-order valence-electron chi connectivity index (χ1n) is 3.62. The van der Waals surface area contributed by atoms with Crippen LogP contribution in [0.25, 0.3) is 0 Å². The Balaban J connectivity index is 3.10. The van der Waals surface area contributed by atoms with Gasteiger partial charge in [-0.05, 0) is 6.07 Å². The molecule has 0 fully saturated rings. The molecule has 0 saturated heterocycles. The van der Waals surface area contributed by atoms with Gasteiger partial charge in [-0.3, -0.25) is 0 Å². The predicted molar refractivity (Wildman–Crippen MR) is 46.3 cm³/mol. The van der Waals surface area contributed by atoms with Gasteiger partial charge in [0.25, 0.3) is 0 Å². The number of nitrogens with zero attached hydrogens (tertiary/aromatic N) is 1. The molecule has 0 aromatic carbocycles. The van der Waals surface area contributed by atoms with Gasteiger partial charge in [-0.25, -0.2) is 4.79 Å². The van der Waals surface area contributed by atoms with Gasteiger partial charge in [0.2, 0.25) is 0 Å². The molecule has 1 N–H and O–H groups in total. The van der Waals surface area contributed by atoms with E-state index in [0.717, 1.165) is 5.69 Å². The summed E-state index contributed by atoms with van der Waals surface area (Å²) in [5.41, 5.74) is 1.32. The molecule has 1 rings (SSSR count). The van der Waals surface area contributed by atoms with Gasteiger partial charge >= 0.3 is 5.97 Å². The number of esters is 1. The Morgan fingerprint density at radius 2 is 2.33 bits per heavy atom. The SMILES string of the molecule is CNc1ccn(C)c1C(=O)OC. The van der Waals surface area contributed by atoms with Crippen molar-refractivity contribution in [2.24, 2.45) is 7.05 Å². The molecule has 0 aliphatic carbocycles. The summed E-state index contributed by atoms with van der Waals surface area (Å²) >= 11 is 0. The molecule has 4 nitrogen and oxygen atoms in total. The maximum Gasteiger partial charge on any atom is 0.356 e. The van der Waals surface area contributed by atoms with Crippen molar-refractivity contribution in [3.63, 3.8) is 0 Å². The first kappa shape index (κ1) is 8.64. The highest BCUT2D eigenvalue weighted by Gasteiger charge is 2.14. The number of ether oxygens (including phenoxy) is 1. The Hall–Kier alpha value is -1.45. The van der Waals surface area contributed by atoms with Crippen LogP contribution in [0.5, 0.6) is 0 Å². The fourth-order valence-corrected chi connectivity index (χ4v) is 1.08. The lowest BCUT2D eigenvalue weighted by molar-refractivity contribution is 0.0591. The third-order valence-electron chi connectivity index (χ3n) is 1.72. The van der Waals surface area contributed by atoms with Gasteiger partial charge in [0.1, 0.15) is 0 Å². The van der Waals surface area contributed by atoms with E-state index in [1.165, 1.54) is 7.11 Å². The summed E-state index contributed by atoms with van der Waals surface area (Å²) < 4.78 is 6.34. The molecule has 0 saturated carbocycles. The van der Waals surface area contributed by atoms with Crippen LogP contribution in [0.2, 0.25) is 0 Å². The lowest BCUT2D eigenvalue weighted by atomic mass is 10.3. The van der Waals surface area contributed by atoms with Crippen molar-refractivity contribution in [3.05, 3.63) is 18.0 Å². The zero-order valence-electron chi connectivity index (χ0n) is 7.42. The van der Waals surface area contributed by atoms with Gasteiger partial charge in [0.05, 0.1) is 12.8 Å². The number of rotatable bonds is 2. The van der Waals surface area contributed by atoms with Crippen LogP contribution in [0.1, 0.15) is 10.5 Å². The zero-order valence-corrected chi connectivity index (χ0v) is 7.42. The Labute approximate surface area is 71.1 Å². The molecule has 66 valence electrons. The summed E-state index contributed by atoms with van der Waals surface area (Å²) in [5.74, 6) is -0.327. The summed E-state index contributed by atoms with van der Waals surface area (Å²) in [6.07, 6.45) is 1.80. The molecule has 1 aromatic rings. The Bertz CT molecular complexity index is 291. The van der Waals surface area contributed by atoms with E-state index in [9.17, 15) is 4.79 Å². The number of aromatic nitrogens is 1. The van der Waals surface area contributed by atoms with Crippen molar-refractivity contribution in [2.45, 2.75) is 0 Å². The van der Waals surface area contributed by atoms with Gasteiger partial charge in [-0.1, -0.05) is 0 Å². The van der Waals surface area contributed by atoms with Crippen molar-refractivity contribution < 1.29 is 9.53 Å². The molecule has 0 amide bonds. The highest BCUT2D eigenvalue weighted by Crippen LogP contribution is 2.15. The van der Waals surface area contributed by atoms with E-state index in [0.29, 0.717) is 5.69 Å². The van der Waals surface area contributed by atoms with E-state index in [1.807, 2.05) is 6.07 Å². The second-order valence-electron chi connectivity index (χ2n) is 2.43. The largest absolute Gasteiger partial charge is 0.464 e. The minimum Gasteiger partial charge on any atom is -0.464 e. The topological polar surface area (TPSA) is 43.3 Å². The van der Waals surface area contributed by atoms with Crippen LogP contribution in [0.15, 0.2) is 12.3 Å². The molecule has 0 radical (unpaired) electrons. The van der Waals surface area contributed by atoms with E-state index in [2.05, 4.69) is 10.1 Å². The molecule has 1 aromatic heterocycles. The van der Waals surface area contributed by atoms with Crippen molar-refractivity contribution in [1.82, 2.24) is 4.57 Å². The summed E-state index contributed by atoms with van der Waals surface area (Å²) in [5, 5.41) is 2.91. The van der Waals surface area contributed by atoms with E-state index in [-0.39, 0.29) is 5.97 Å². The summed E-state index contributed by atoms with van der Waals surface area (Å²) in [6.45, 7) is 0. The molecule has 0 spiro atoms. The standard InChI is InChI=1S/C8H12N2O2/c1-9-6-4-5-10(2)7(6)8(11)12-3/h4-5,9H,1-3H3. The minimum absolute atomic E-state index is 0.327. The maximum absolute atomic E-state index is 11.2. The normalized spacial score (nSPS) is 9.58. The summed E-state index contributed by atoms with van der Waals surface area (Å²) in [6, 6.07) is 1.83. The molecule has 1 heterocycles. The molecule has 0 bridgehead atoms. The van der Waals surface area contributed by atoms with Crippen LogP contribution in [-0.2, 0) is 11.8 Å². The van der Waals surface area contributed by atoms with Crippen molar-refractivity contribution in [2.75, 3.05) is 19.5 Å². The number of methoxy groups -OCH3 is 1. The lowest BCUT2D eigenvalue weighted by Crippen LogP contribution is -2.09. The Morgan fingerprint density at radius 1 is 1.67 bits per heavy atom. The second-order valence-corrected chi connectivity index (χ2v) is 2.43. The first-order valence-corrected chi connectivity index (χ1v) is 3.62. The van der Waals surface area contributed by atoms with Crippen molar-refractivity contribution >= 4 is 11.7 Å². The molecule has 0 unspecified atom stereocenters. The summed E-state index contributed by atoms with van der Waals surface area (Å²) in [4.78, 5) is 11.2. The average molecular weight is 168 g/mol. The first-order chi connectivity index (χ1) is 5.70. The lowest BCUT2D eigenvalue weighted by Gasteiger charge is -2.03. The van der Waals surface area contributed by atoms with E-state index >= 15 is 0 Å². The molecular formula is C8H12N2O2. The van der Waals surface area contributed by atoms with Crippen molar-refractivity contribution in [3.8, 4) is 0 Å². The molecule has 4 heteroatoms. The van der Waals surface area contributed by atoms with E-state index in [4.69, 9.17) is 0 Å². The Kier molecular flexibility index (Phi) is 2.38. The van der Waals surface area contributed by atoms with Gasteiger partial charge < -0.3 is 14.6 Å². The van der Waals surface area contributed by atoms with Crippen LogP contribution < -0.4 is 5.32 Å². The fourth-order valence-electron chi connectivity index (χ4n) is 1.08. The third-order valence-corrected chi connectivity index (χ3v) is 1.72. The van der Waals surface area contributed by atoms with Gasteiger partial charge in [0.15, 0.2) is 5.69 Å². The van der Waals surface area contributed by atoms with E-state index in [1.54, 1.807) is 24.9 Å². The quantitative estimate of drug-likeness (QED) is 0.666. The van der Waals surface area contributed by atoms with Crippen LogP contribution in [0.3, 0.4) is 0 Å². The third kappa shape index (κ3) is 1.28.